The number of nitrogens with zero attached hydrogens (tertiary/aromatic N) is 4. The second-order valence-electron chi connectivity index (χ2n) is 6.27. The van der Waals surface area contributed by atoms with Crippen LogP contribution in [-0.2, 0) is 4.84 Å². The van der Waals surface area contributed by atoms with E-state index in [2.05, 4.69) is 15.2 Å². The number of aromatic nitrogens is 1. The third-order valence-electron chi connectivity index (χ3n) is 4.49. The van der Waals surface area contributed by atoms with Crippen molar-refractivity contribution < 1.29 is 14.4 Å². The molecule has 0 unspecified atom stereocenters. The fraction of sp³-hybridized carbons (Fsp3) is 0.278. The van der Waals surface area contributed by atoms with Crippen LogP contribution in [0.25, 0.3) is 0 Å². The van der Waals surface area contributed by atoms with E-state index in [1.807, 2.05) is 7.05 Å². The monoisotopic (exact) mass is 353 g/mol. The highest BCUT2D eigenvalue weighted by Crippen LogP contribution is 2.36. The molecule has 0 spiro atoms. The van der Waals surface area contributed by atoms with Crippen molar-refractivity contribution in [2.75, 3.05) is 43.4 Å². The van der Waals surface area contributed by atoms with Gasteiger partial charge in [-0.15, -0.1) is 5.06 Å². The lowest BCUT2D eigenvalue weighted by Crippen LogP contribution is -2.46. The number of anilines is 3. The highest BCUT2D eigenvalue weighted by atomic mass is 16.7. The maximum atomic E-state index is 13.0. The van der Waals surface area contributed by atoms with Crippen LogP contribution in [0.1, 0.15) is 10.4 Å². The van der Waals surface area contributed by atoms with Crippen molar-refractivity contribution in [3.8, 4) is 0 Å². The summed E-state index contributed by atoms with van der Waals surface area (Å²) in [6.45, 7) is 2.89. The van der Waals surface area contributed by atoms with Crippen molar-refractivity contribution in [1.82, 2.24) is 14.9 Å². The van der Waals surface area contributed by atoms with Gasteiger partial charge in [-0.1, -0.05) is 12.1 Å². The van der Waals surface area contributed by atoms with E-state index in [0.717, 1.165) is 13.1 Å². The van der Waals surface area contributed by atoms with Gasteiger partial charge in [0.15, 0.2) is 5.82 Å². The second kappa shape index (κ2) is 6.74. The van der Waals surface area contributed by atoms with Crippen molar-refractivity contribution in [3.63, 3.8) is 0 Å². The van der Waals surface area contributed by atoms with Gasteiger partial charge in [-0.25, -0.2) is 14.7 Å². The number of rotatable bonds is 1. The molecule has 1 saturated heterocycles. The third kappa shape index (κ3) is 3.00. The molecule has 2 amide bonds. The predicted molar refractivity (Wildman–Crippen MR) is 96.3 cm³/mol. The van der Waals surface area contributed by atoms with E-state index in [4.69, 9.17) is 4.84 Å². The van der Waals surface area contributed by atoms with Crippen LogP contribution in [0.2, 0.25) is 0 Å². The molecular weight excluding hydrogens is 334 g/mol. The summed E-state index contributed by atoms with van der Waals surface area (Å²) in [6.07, 6.45) is 0.994. The van der Waals surface area contributed by atoms with Gasteiger partial charge in [-0.2, -0.15) is 0 Å². The molecular formula is C18H19N5O3. The minimum Gasteiger partial charge on any atom is -0.350 e. The molecule has 8 nitrogen and oxygen atoms in total. The number of nitrogens with one attached hydrogen (secondary N) is 1. The van der Waals surface area contributed by atoms with Gasteiger partial charge in [0.05, 0.1) is 16.9 Å². The molecule has 1 aromatic heterocycles. The molecule has 2 aromatic rings. The minimum absolute atomic E-state index is 0.287. The van der Waals surface area contributed by atoms with Crippen LogP contribution >= 0.6 is 0 Å². The summed E-state index contributed by atoms with van der Waals surface area (Å²) >= 11 is 0. The van der Waals surface area contributed by atoms with Crippen LogP contribution in [0.3, 0.4) is 0 Å². The maximum Gasteiger partial charge on any atom is 0.439 e. The van der Waals surface area contributed by atoms with Crippen molar-refractivity contribution >= 4 is 29.2 Å². The number of carbonyl (C=O) groups excluding carboxylic acids is 2. The van der Waals surface area contributed by atoms with Crippen LogP contribution in [0.15, 0.2) is 42.6 Å². The Bertz CT molecular complexity index is 848. The normalized spacial score (nSPS) is 17.7. The smallest absolute Gasteiger partial charge is 0.350 e. The van der Waals surface area contributed by atoms with E-state index in [1.54, 1.807) is 47.7 Å². The molecule has 4 rings (SSSR count). The van der Waals surface area contributed by atoms with Gasteiger partial charge in [0.25, 0.3) is 5.91 Å². The van der Waals surface area contributed by atoms with Gasteiger partial charge in [0.1, 0.15) is 0 Å². The number of piperazine rings is 1. The second-order valence-corrected chi connectivity index (χ2v) is 6.27. The molecule has 2 aliphatic rings. The number of para-hydroxylation sites is 1. The molecule has 0 aliphatic carbocycles. The van der Waals surface area contributed by atoms with Crippen LogP contribution in [0.4, 0.5) is 22.0 Å². The van der Waals surface area contributed by atoms with Crippen molar-refractivity contribution in [3.05, 3.63) is 48.2 Å². The zero-order valence-electron chi connectivity index (χ0n) is 14.4. The lowest BCUT2D eigenvalue weighted by molar-refractivity contribution is -0.117. The van der Waals surface area contributed by atoms with Gasteiger partial charge in [-0.05, 0) is 31.3 Å². The zero-order chi connectivity index (χ0) is 18.1. The Morgan fingerprint density at radius 3 is 2.69 bits per heavy atom. The van der Waals surface area contributed by atoms with E-state index >= 15 is 0 Å². The Morgan fingerprint density at radius 1 is 1.12 bits per heavy atom. The molecule has 3 heterocycles. The molecule has 0 bridgehead atoms. The number of carbonyl (C=O) groups is 2. The summed E-state index contributed by atoms with van der Waals surface area (Å²) in [6, 6.07) is 10.3. The highest BCUT2D eigenvalue weighted by molar-refractivity contribution is 6.16. The first kappa shape index (κ1) is 16.5. The topological polar surface area (TPSA) is 78.0 Å². The molecule has 8 heteroatoms. The quantitative estimate of drug-likeness (QED) is 0.846. The fourth-order valence-corrected chi connectivity index (χ4v) is 3.05. The number of hydrogen-bond acceptors (Lipinski definition) is 6. The predicted octanol–water partition coefficient (Wildman–Crippen LogP) is 2.08. The molecule has 26 heavy (non-hydrogen) atoms. The van der Waals surface area contributed by atoms with Crippen LogP contribution in [0, 0.1) is 0 Å². The van der Waals surface area contributed by atoms with Crippen molar-refractivity contribution in [1.29, 1.82) is 0 Å². The lowest BCUT2D eigenvalue weighted by atomic mass is 10.1. The number of likely N-dealkylation sites (N-methyl/N-ethyl adjacent to an activating group) is 1. The van der Waals surface area contributed by atoms with E-state index in [1.165, 1.54) is 4.90 Å². The standard InChI is InChI=1S/C18H19N5O3/c1-21-9-11-22(12-10-21)26-18(25)23-15-7-3-2-5-13(15)17(24)20-14-6-4-8-19-16(14)23/h2-8H,9-12H2,1H3,(H,20,24). The van der Waals surface area contributed by atoms with E-state index in [-0.39, 0.29) is 5.91 Å². The maximum absolute atomic E-state index is 13.0. The first-order valence-electron chi connectivity index (χ1n) is 8.44. The molecule has 1 fully saturated rings. The first-order chi connectivity index (χ1) is 12.6. The Kier molecular flexibility index (Phi) is 4.27. The number of hydroxylamine groups is 2. The minimum atomic E-state index is -0.585. The van der Waals surface area contributed by atoms with E-state index in [9.17, 15) is 9.59 Å². The molecule has 0 radical (unpaired) electrons. The van der Waals surface area contributed by atoms with Crippen LogP contribution in [0.5, 0.6) is 0 Å². The summed E-state index contributed by atoms with van der Waals surface area (Å²) in [4.78, 5) is 39.0. The number of pyridine rings is 1. The molecule has 2 aliphatic heterocycles. The number of hydrogen-bond donors (Lipinski definition) is 1. The van der Waals surface area contributed by atoms with Gasteiger partial charge in [-0.3, -0.25) is 4.79 Å². The first-order valence-corrected chi connectivity index (χ1v) is 8.44. The average molecular weight is 353 g/mol. The summed E-state index contributed by atoms with van der Waals surface area (Å²) in [5, 5.41) is 4.45. The Labute approximate surface area is 150 Å². The molecule has 1 N–H and O–H groups in total. The van der Waals surface area contributed by atoms with Crippen molar-refractivity contribution in [2.45, 2.75) is 0 Å². The summed E-state index contributed by atoms with van der Waals surface area (Å²) in [5.41, 5.74) is 1.30. The van der Waals surface area contributed by atoms with Gasteiger partial charge >= 0.3 is 6.09 Å². The molecule has 0 saturated carbocycles. The van der Waals surface area contributed by atoms with Gasteiger partial charge in [0.2, 0.25) is 0 Å². The molecule has 1 aromatic carbocycles. The summed E-state index contributed by atoms with van der Waals surface area (Å²) in [5.74, 6) is 0.0506. The van der Waals surface area contributed by atoms with E-state index in [0.29, 0.717) is 35.8 Å². The largest absolute Gasteiger partial charge is 0.439 e. The van der Waals surface area contributed by atoms with E-state index < -0.39 is 6.09 Å². The third-order valence-corrected chi connectivity index (χ3v) is 4.49. The summed E-state index contributed by atoms with van der Waals surface area (Å²) < 4.78 is 0. The number of benzene rings is 1. The van der Waals surface area contributed by atoms with Crippen LogP contribution < -0.4 is 10.2 Å². The Hall–Kier alpha value is -2.97. The van der Waals surface area contributed by atoms with Gasteiger partial charge < -0.3 is 15.1 Å². The summed E-state index contributed by atoms with van der Waals surface area (Å²) in [7, 11) is 2.03. The SMILES string of the molecule is CN1CCN(OC(=O)N2c3ccccc3C(=O)Nc3cccnc32)CC1. The van der Waals surface area contributed by atoms with Crippen LogP contribution in [-0.4, -0.2) is 60.2 Å². The Morgan fingerprint density at radius 2 is 1.88 bits per heavy atom. The molecule has 134 valence electrons. The number of fused-ring (bicyclic) bond motifs is 2. The van der Waals surface area contributed by atoms with Gasteiger partial charge in [0, 0.05) is 32.4 Å². The highest BCUT2D eigenvalue weighted by Gasteiger charge is 2.32. The Balaban J connectivity index is 1.71. The van der Waals surface area contributed by atoms with Crippen molar-refractivity contribution in [2.24, 2.45) is 0 Å². The lowest BCUT2D eigenvalue weighted by Gasteiger charge is -2.32. The zero-order valence-corrected chi connectivity index (χ0v) is 14.4. The average Bonchev–Trinajstić information content (AvgIpc) is 2.77. The fourth-order valence-electron chi connectivity index (χ4n) is 3.05. The molecule has 0 atom stereocenters. The number of amides is 2.